The summed E-state index contributed by atoms with van der Waals surface area (Å²) in [5, 5.41) is 2.58. The van der Waals surface area contributed by atoms with Crippen LogP contribution in [0.5, 0.6) is 0 Å². The lowest BCUT2D eigenvalue weighted by atomic mass is 9.73. The van der Waals surface area contributed by atoms with Crippen molar-refractivity contribution in [3.05, 3.63) is 0 Å². The van der Waals surface area contributed by atoms with E-state index in [4.69, 9.17) is 4.74 Å². The maximum Gasteiger partial charge on any atom is 0.304 e. The SMILES string of the molecule is CCC1(CC)C(=O)NC1OC(C)=O. The monoisotopic (exact) mass is 185 g/mol. The van der Waals surface area contributed by atoms with Gasteiger partial charge in [0.15, 0.2) is 6.23 Å². The second-order valence-electron chi connectivity index (χ2n) is 3.33. The topological polar surface area (TPSA) is 55.4 Å². The van der Waals surface area contributed by atoms with E-state index in [-0.39, 0.29) is 11.9 Å². The zero-order valence-corrected chi connectivity index (χ0v) is 8.22. The molecule has 74 valence electrons. The first-order chi connectivity index (χ1) is 6.06. The standard InChI is InChI=1S/C9H15NO3/c1-4-9(5-2)7(12)10-8(9)13-6(3)11/h8H,4-5H2,1-3H3,(H,10,12). The molecule has 0 saturated carbocycles. The van der Waals surface area contributed by atoms with E-state index in [0.717, 1.165) is 0 Å². The van der Waals surface area contributed by atoms with Gasteiger partial charge in [-0.25, -0.2) is 0 Å². The molecule has 0 aromatic rings. The fraction of sp³-hybridized carbons (Fsp3) is 0.778. The molecule has 1 atom stereocenters. The van der Waals surface area contributed by atoms with Crippen molar-refractivity contribution in [1.82, 2.24) is 5.32 Å². The van der Waals surface area contributed by atoms with Crippen LogP contribution in [-0.2, 0) is 14.3 Å². The molecule has 1 aliphatic rings. The largest absolute Gasteiger partial charge is 0.441 e. The average Bonchev–Trinajstić information content (AvgIpc) is 2.05. The number of amides is 1. The van der Waals surface area contributed by atoms with Crippen molar-refractivity contribution in [2.75, 3.05) is 0 Å². The molecule has 0 aliphatic carbocycles. The second-order valence-corrected chi connectivity index (χ2v) is 3.33. The van der Waals surface area contributed by atoms with Gasteiger partial charge in [-0.1, -0.05) is 13.8 Å². The van der Waals surface area contributed by atoms with Gasteiger partial charge in [-0.2, -0.15) is 0 Å². The highest BCUT2D eigenvalue weighted by Crippen LogP contribution is 2.38. The van der Waals surface area contributed by atoms with Crippen LogP contribution >= 0.6 is 0 Å². The van der Waals surface area contributed by atoms with E-state index in [2.05, 4.69) is 5.32 Å². The lowest BCUT2D eigenvalue weighted by molar-refractivity contribution is -0.183. The predicted molar refractivity (Wildman–Crippen MR) is 46.7 cm³/mol. The number of carbonyl (C=O) groups is 2. The number of esters is 1. The third kappa shape index (κ3) is 1.41. The molecule has 0 aromatic carbocycles. The summed E-state index contributed by atoms with van der Waals surface area (Å²) in [6, 6.07) is 0. The highest BCUT2D eigenvalue weighted by atomic mass is 16.6. The van der Waals surface area contributed by atoms with Crippen LogP contribution in [0.15, 0.2) is 0 Å². The molecule has 13 heavy (non-hydrogen) atoms. The Balaban J connectivity index is 2.69. The average molecular weight is 185 g/mol. The number of carbonyl (C=O) groups excluding carboxylic acids is 2. The van der Waals surface area contributed by atoms with E-state index in [1.807, 2.05) is 13.8 Å². The Morgan fingerprint density at radius 1 is 1.54 bits per heavy atom. The molecule has 1 saturated heterocycles. The molecule has 1 N–H and O–H groups in total. The molecule has 0 radical (unpaired) electrons. The lowest BCUT2D eigenvalue weighted by Gasteiger charge is -2.46. The van der Waals surface area contributed by atoms with Crippen molar-refractivity contribution < 1.29 is 14.3 Å². The van der Waals surface area contributed by atoms with Crippen LogP contribution in [0, 0.1) is 5.41 Å². The van der Waals surface area contributed by atoms with Gasteiger partial charge in [-0.3, -0.25) is 9.59 Å². The van der Waals surface area contributed by atoms with E-state index in [1.54, 1.807) is 0 Å². The summed E-state index contributed by atoms with van der Waals surface area (Å²) in [6.07, 6.45) is 0.980. The molecular weight excluding hydrogens is 170 g/mol. The van der Waals surface area contributed by atoms with Crippen molar-refractivity contribution >= 4 is 11.9 Å². The molecular formula is C9H15NO3. The Bertz CT molecular complexity index is 233. The van der Waals surface area contributed by atoms with Gasteiger partial charge in [-0.05, 0) is 12.8 Å². The normalized spacial score (nSPS) is 24.5. The van der Waals surface area contributed by atoms with Gasteiger partial charge in [0.2, 0.25) is 5.91 Å². The van der Waals surface area contributed by atoms with Crippen LogP contribution in [-0.4, -0.2) is 18.1 Å². The number of nitrogens with one attached hydrogen (secondary N) is 1. The lowest BCUT2D eigenvalue weighted by Crippen LogP contribution is -2.68. The maximum absolute atomic E-state index is 11.3. The summed E-state index contributed by atoms with van der Waals surface area (Å²) in [6.45, 7) is 5.21. The maximum atomic E-state index is 11.3. The van der Waals surface area contributed by atoms with Gasteiger partial charge in [0.25, 0.3) is 0 Å². The molecule has 0 aromatic heterocycles. The van der Waals surface area contributed by atoms with E-state index in [9.17, 15) is 9.59 Å². The van der Waals surface area contributed by atoms with Crippen molar-refractivity contribution in [2.24, 2.45) is 5.41 Å². The van der Waals surface area contributed by atoms with Crippen molar-refractivity contribution in [3.63, 3.8) is 0 Å². The number of ether oxygens (including phenoxy) is 1. The Morgan fingerprint density at radius 2 is 2.08 bits per heavy atom. The van der Waals surface area contributed by atoms with Crippen molar-refractivity contribution in [1.29, 1.82) is 0 Å². The summed E-state index contributed by atoms with van der Waals surface area (Å²) < 4.78 is 4.98. The zero-order valence-electron chi connectivity index (χ0n) is 8.22. The van der Waals surface area contributed by atoms with Gasteiger partial charge in [0, 0.05) is 6.92 Å². The van der Waals surface area contributed by atoms with Crippen molar-refractivity contribution in [2.45, 2.75) is 39.8 Å². The highest BCUT2D eigenvalue weighted by molar-refractivity contribution is 5.90. The first kappa shape index (κ1) is 10.0. The quantitative estimate of drug-likeness (QED) is 0.523. The van der Waals surface area contributed by atoms with Crippen LogP contribution in [0.4, 0.5) is 0 Å². The second kappa shape index (κ2) is 3.36. The molecule has 1 aliphatic heterocycles. The Labute approximate surface area is 77.6 Å². The Morgan fingerprint density at radius 3 is 2.38 bits per heavy atom. The third-order valence-electron chi connectivity index (χ3n) is 2.76. The molecule has 1 fully saturated rings. The summed E-state index contributed by atoms with van der Waals surface area (Å²) >= 11 is 0. The van der Waals surface area contributed by atoms with E-state index in [0.29, 0.717) is 12.8 Å². The van der Waals surface area contributed by atoms with Crippen LogP contribution in [0.2, 0.25) is 0 Å². The van der Waals surface area contributed by atoms with Gasteiger partial charge >= 0.3 is 5.97 Å². The summed E-state index contributed by atoms with van der Waals surface area (Å²) in [4.78, 5) is 22.0. The first-order valence-electron chi connectivity index (χ1n) is 4.55. The smallest absolute Gasteiger partial charge is 0.304 e. The molecule has 1 unspecified atom stereocenters. The Hall–Kier alpha value is -1.06. The third-order valence-corrected chi connectivity index (χ3v) is 2.76. The molecule has 4 nitrogen and oxygen atoms in total. The number of hydrogen-bond acceptors (Lipinski definition) is 3. The number of β-lactam (4-membered cyclic amide) rings is 1. The van der Waals surface area contributed by atoms with E-state index in [1.165, 1.54) is 6.92 Å². The van der Waals surface area contributed by atoms with Gasteiger partial charge in [0.1, 0.15) is 5.41 Å². The van der Waals surface area contributed by atoms with Crippen molar-refractivity contribution in [3.8, 4) is 0 Å². The van der Waals surface area contributed by atoms with E-state index < -0.39 is 11.6 Å². The van der Waals surface area contributed by atoms with E-state index >= 15 is 0 Å². The summed E-state index contributed by atoms with van der Waals surface area (Å²) in [7, 11) is 0. The molecule has 4 heteroatoms. The Kier molecular flexibility index (Phi) is 2.59. The first-order valence-corrected chi connectivity index (χ1v) is 4.55. The minimum Gasteiger partial charge on any atom is -0.441 e. The minimum atomic E-state index is -0.480. The number of rotatable bonds is 3. The van der Waals surface area contributed by atoms with Gasteiger partial charge in [0.05, 0.1) is 0 Å². The van der Waals surface area contributed by atoms with Crippen LogP contribution < -0.4 is 5.32 Å². The van der Waals surface area contributed by atoms with Gasteiger partial charge < -0.3 is 10.1 Å². The fourth-order valence-corrected chi connectivity index (χ4v) is 1.69. The van der Waals surface area contributed by atoms with Gasteiger partial charge in [-0.15, -0.1) is 0 Å². The fourth-order valence-electron chi connectivity index (χ4n) is 1.69. The summed E-state index contributed by atoms with van der Waals surface area (Å²) in [5.74, 6) is -0.361. The van der Waals surface area contributed by atoms with Crippen LogP contribution in [0.3, 0.4) is 0 Å². The summed E-state index contributed by atoms with van der Waals surface area (Å²) in [5.41, 5.74) is -0.480. The minimum absolute atomic E-state index is 0.0104. The molecule has 0 spiro atoms. The molecule has 1 rings (SSSR count). The number of hydrogen-bond donors (Lipinski definition) is 1. The molecule has 0 bridgehead atoms. The highest BCUT2D eigenvalue weighted by Gasteiger charge is 2.54. The predicted octanol–water partition coefficient (Wildman–Crippen LogP) is 0.812. The van der Waals surface area contributed by atoms with Crippen LogP contribution in [0.1, 0.15) is 33.6 Å². The zero-order chi connectivity index (χ0) is 10.1. The molecule has 1 heterocycles. The van der Waals surface area contributed by atoms with Crippen LogP contribution in [0.25, 0.3) is 0 Å². The molecule has 1 amide bonds.